The van der Waals surface area contributed by atoms with Gasteiger partial charge in [-0.2, -0.15) is 0 Å². The summed E-state index contributed by atoms with van der Waals surface area (Å²) in [7, 11) is 0. The highest BCUT2D eigenvalue weighted by Gasteiger charge is 2.27. The third-order valence-electron chi connectivity index (χ3n) is 2.22. The molecule has 0 saturated carbocycles. The van der Waals surface area contributed by atoms with E-state index in [1.54, 1.807) is 6.07 Å². The van der Waals surface area contributed by atoms with Crippen LogP contribution in [0.5, 0.6) is 11.5 Å². The molecule has 4 nitrogen and oxygen atoms in total. The van der Waals surface area contributed by atoms with Crippen molar-refractivity contribution >= 4 is 5.97 Å². The summed E-state index contributed by atoms with van der Waals surface area (Å²) in [5, 5.41) is 8.79. The van der Waals surface area contributed by atoms with Crippen LogP contribution in [0.1, 0.15) is 24.2 Å². The fourth-order valence-corrected chi connectivity index (χ4v) is 1.38. The van der Waals surface area contributed by atoms with Gasteiger partial charge in [0.2, 0.25) is 6.29 Å². The molecular formula is C11H12O4. The molecule has 1 atom stereocenters. The molecule has 1 unspecified atom stereocenters. The van der Waals surface area contributed by atoms with Gasteiger partial charge in [-0.15, -0.1) is 0 Å². The van der Waals surface area contributed by atoms with Crippen molar-refractivity contribution in [2.45, 2.75) is 20.1 Å². The van der Waals surface area contributed by atoms with Crippen LogP contribution in [0.25, 0.3) is 0 Å². The zero-order valence-electron chi connectivity index (χ0n) is 8.56. The maximum atomic E-state index is 10.7. The van der Waals surface area contributed by atoms with Crippen LogP contribution in [0.15, 0.2) is 18.2 Å². The average Bonchev–Trinajstić information content (AvgIpc) is 2.59. The number of carbonyl (C=O) groups is 1. The molecule has 0 amide bonds. The second-order valence-corrected chi connectivity index (χ2v) is 3.81. The lowest BCUT2D eigenvalue weighted by Crippen LogP contribution is -2.24. The van der Waals surface area contributed by atoms with E-state index in [2.05, 4.69) is 0 Å². The van der Waals surface area contributed by atoms with Gasteiger partial charge >= 0.3 is 5.97 Å². The molecule has 0 aromatic heterocycles. The van der Waals surface area contributed by atoms with Gasteiger partial charge in [0.05, 0.1) is 5.56 Å². The summed E-state index contributed by atoms with van der Waals surface area (Å²) < 4.78 is 11.0. The Labute approximate surface area is 87.4 Å². The minimum atomic E-state index is -0.964. The Bertz CT molecular complexity index is 398. The molecule has 1 aromatic carbocycles. The molecule has 4 heteroatoms. The second kappa shape index (κ2) is 3.46. The number of aromatic carboxylic acids is 1. The molecule has 1 aliphatic rings. The minimum absolute atomic E-state index is 0.210. The number of hydrogen-bond donors (Lipinski definition) is 1. The molecule has 0 spiro atoms. The Kier molecular flexibility index (Phi) is 2.26. The van der Waals surface area contributed by atoms with Gasteiger partial charge in [0.15, 0.2) is 11.5 Å². The topological polar surface area (TPSA) is 55.8 Å². The van der Waals surface area contributed by atoms with E-state index in [1.807, 2.05) is 13.8 Å². The third kappa shape index (κ3) is 1.75. The average molecular weight is 208 g/mol. The Balaban J connectivity index is 2.27. The number of fused-ring (bicyclic) bond motifs is 1. The predicted molar refractivity (Wildman–Crippen MR) is 53.3 cm³/mol. The summed E-state index contributed by atoms with van der Waals surface area (Å²) in [5.74, 6) is 0.382. The number of rotatable bonds is 2. The van der Waals surface area contributed by atoms with Crippen molar-refractivity contribution in [1.82, 2.24) is 0 Å². The summed E-state index contributed by atoms with van der Waals surface area (Å²) in [6.07, 6.45) is -0.316. The van der Waals surface area contributed by atoms with Gasteiger partial charge in [-0.05, 0) is 18.2 Å². The first kappa shape index (κ1) is 9.83. The van der Waals surface area contributed by atoms with Crippen molar-refractivity contribution in [3.05, 3.63) is 23.8 Å². The predicted octanol–water partition coefficient (Wildman–Crippen LogP) is 2.14. The van der Waals surface area contributed by atoms with Gasteiger partial charge in [-0.25, -0.2) is 4.79 Å². The molecule has 1 aromatic rings. The molecule has 1 heterocycles. The Morgan fingerprint density at radius 2 is 2.00 bits per heavy atom. The normalized spacial score (nSPS) is 18.2. The molecular weight excluding hydrogens is 196 g/mol. The fraction of sp³-hybridized carbons (Fsp3) is 0.364. The van der Waals surface area contributed by atoms with Crippen molar-refractivity contribution < 1.29 is 19.4 Å². The Morgan fingerprint density at radius 3 is 2.60 bits per heavy atom. The van der Waals surface area contributed by atoms with E-state index in [-0.39, 0.29) is 17.8 Å². The van der Waals surface area contributed by atoms with E-state index in [0.717, 1.165) is 0 Å². The molecule has 80 valence electrons. The van der Waals surface area contributed by atoms with Crippen LogP contribution < -0.4 is 9.47 Å². The summed E-state index contributed by atoms with van der Waals surface area (Å²) in [4.78, 5) is 10.7. The van der Waals surface area contributed by atoms with Crippen molar-refractivity contribution in [2.24, 2.45) is 5.92 Å². The lowest BCUT2D eigenvalue weighted by molar-refractivity contribution is 0.00906. The molecule has 0 bridgehead atoms. The van der Waals surface area contributed by atoms with Crippen LogP contribution in [0.2, 0.25) is 0 Å². The van der Waals surface area contributed by atoms with Gasteiger partial charge in [0.1, 0.15) is 0 Å². The van der Waals surface area contributed by atoms with Crippen molar-refractivity contribution in [2.75, 3.05) is 0 Å². The molecule has 0 fully saturated rings. The van der Waals surface area contributed by atoms with Crippen molar-refractivity contribution in [3.63, 3.8) is 0 Å². The molecule has 0 radical (unpaired) electrons. The lowest BCUT2D eigenvalue weighted by atomic mass is 10.2. The van der Waals surface area contributed by atoms with E-state index >= 15 is 0 Å². The SMILES string of the molecule is CC(C)C1Oc2ccc(C(=O)O)cc2O1. The highest BCUT2D eigenvalue weighted by Crippen LogP contribution is 2.37. The van der Waals surface area contributed by atoms with Gasteiger partial charge in [0.25, 0.3) is 0 Å². The number of ether oxygens (including phenoxy) is 2. The van der Waals surface area contributed by atoms with E-state index in [0.29, 0.717) is 11.5 Å². The Morgan fingerprint density at radius 1 is 1.33 bits per heavy atom. The van der Waals surface area contributed by atoms with Crippen molar-refractivity contribution in [3.8, 4) is 11.5 Å². The van der Waals surface area contributed by atoms with Crippen LogP contribution in [0.3, 0.4) is 0 Å². The van der Waals surface area contributed by atoms with Gasteiger partial charge in [0, 0.05) is 5.92 Å². The molecule has 15 heavy (non-hydrogen) atoms. The molecule has 1 aliphatic heterocycles. The molecule has 0 aliphatic carbocycles. The molecule has 2 rings (SSSR count). The zero-order chi connectivity index (χ0) is 11.0. The lowest BCUT2D eigenvalue weighted by Gasteiger charge is -2.12. The Hall–Kier alpha value is -1.71. The smallest absolute Gasteiger partial charge is 0.335 e. The van der Waals surface area contributed by atoms with E-state index < -0.39 is 5.97 Å². The van der Waals surface area contributed by atoms with Gasteiger partial charge in [-0.1, -0.05) is 13.8 Å². The standard InChI is InChI=1S/C11H12O4/c1-6(2)11-14-8-4-3-7(10(12)13)5-9(8)15-11/h3-6,11H,1-2H3,(H,12,13). The number of carboxylic acids is 1. The summed E-state index contributed by atoms with van der Waals surface area (Å²) in [6, 6.07) is 4.62. The number of hydrogen-bond acceptors (Lipinski definition) is 3. The van der Waals surface area contributed by atoms with Crippen molar-refractivity contribution in [1.29, 1.82) is 0 Å². The third-order valence-corrected chi connectivity index (χ3v) is 2.22. The molecule has 0 saturated heterocycles. The first-order valence-corrected chi connectivity index (χ1v) is 4.78. The van der Waals surface area contributed by atoms with Crippen LogP contribution >= 0.6 is 0 Å². The summed E-state index contributed by atoms with van der Waals surface area (Å²) >= 11 is 0. The van der Waals surface area contributed by atoms with Crippen LogP contribution in [0.4, 0.5) is 0 Å². The first-order valence-electron chi connectivity index (χ1n) is 4.78. The van der Waals surface area contributed by atoms with Crippen LogP contribution in [-0.2, 0) is 0 Å². The first-order chi connectivity index (χ1) is 7.08. The monoisotopic (exact) mass is 208 g/mol. The largest absolute Gasteiger partial charge is 0.478 e. The maximum absolute atomic E-state index is 10.7. The minimum Gasteiger partial charge on any atom is -0.478 e. The van der Waals surface area contributed by atoms with Gasteiger partial charge < -0.3 is 14.6 Å². The van der Waals surface area contributed by atoms with Crippen LogP contribution in [0, 0.1) is 5.92 Å². The highest BCUT2D eigenvalue weighted by molar-refractivity contribution is 5.88. The second-order valence-electron chi connectivity index (χ2n) is 3.81. The number of carboxylic acid groups (broad SMARTS) is 1. The van der Waals surface area contributed by atoms with E-state index in [4.69, 9.17) is 14.6 Å². The van der Waals surface area contributed by atoms with E-state index in [1.165, 1.54) is 12.1 Å². The summed E-state index contributed by atoms with van der Waals surface area (Å²) in [5.41, 5.74) is 0.210. The summed E-state index contributed by atoms with van der Waals surface area (Å²) in [6.45, 7) is 3.96. The van der Waals surface area contributed by atoms with Gasteiger partial charge in [-0.3, -0.25) is 0 Å². The van der Waals surface area contributed by atoms with Crippen LogP contribution in [-0.4, -0.2) is 17.4 Å². The fourth-order valence-electron chi connectivity index (χ4n) is 1.38. The molecule has 1 N–H and O–H groups in total. The quantitative estimate of drug-likeness (QED) is 0.808. The van der Waals surface area contributed by atoms with E-state index in [9.17, 15) is 4.79 Å². The number of benzene rings is 1. The highest BCUT2D eigenvalue weighted by atomic mass is 16.7. The maximum Gasteiger partial charge on any atom is 0.335 e. The zero-order valence-corrected chi connectivity index (χ0v) is 8.56.